The number of carbonyl (C=O) groups is 2. The molecule has 0 aromatic carbocycles. The van der Waals surface area contributed by atoms with E-state index in [9.17, 15) is 9.59 Å². The molecule has 0 fully saturated rings. The first-order chi connectivity index (χ1) is 9.50. The summed E-state index contributed by atoms with van der Waals surface area (Å²) in [4.78, 5) is 26.1. The second-order valence-electron chi connectivity index (χ2n) is 4.79. The van der Waals surface area contributed by atoms with E-state index < -0.39 is 5.97 Å². The number of rotatable bonds is 8. The molecule has 0 aliphatic carbocycles. The molecule has 1 aromatic rings. The number of pyridine rings is 1. The van der Waals surface area contributed by atoms with Crippen LogP contribution in [0.1, 0.15) is 41.1 Å². The second-order valence-corrected chi connectivity index (χ2v) is 4.79. The number of aromatic nitrogens is 1. The van der Waals surface area contributed by atoms with E-state index >= 15 is 0 Å². The molecule has 0 bridgehead atoms. The molecule has 110 valence electrons. The van der Waals surface area contributed by atoms with Crippen LogP contribution in [0.2, 0.25) is 0 Å². The highest BCUT2D eigenvalue weighted by molar-refractivity contribution is 5.93. The number of aromatic carboxylic acids is 1. The molecule has 0 atom stereocenters. The highest BCUT2D eigenvalue weighted by Gasteiger charge is 2.08. The molecule has 2 N–H and O–H groups in total. The van der Waals surface area contributed by atoms with Gasteiger partial charge in [0.05, 0.1) is 12.2 Å². The van der Waals surface area contributed by atoms with Crippen molar-refractivity contribution in [3.63, 3.8) is 0 Å². The molecule has 1 amide bonds. The van der Waals surface area contributed by atoms with E-state index in [-0.39, 0.29) is 17.2 Å². The van der Waals surface area contributed by atoms with Gasteiger partial charge in [-0.05, 0) is 24.5 Å². The van der Waals surface area contributed by atoms with Crippen molar-refractivity contribution < 1.29 is 19.4 Å². The van der Waals surface area contributed by atoms with Crippen molar-refractivity contribution in [2.45, 2.75) is 20.3 Å². The zero-order valence-corrected chi connectivity index (χ0v) is 11.8. The second kappa shape index (κ2) is 8.27. The van der Waals surface area contributed by atoms with Crippen LogP contribution in [0.15, 0.2) is 18.3 Å². The van der Waals surface area contributed by atoms with Crippen LogP contribution in [-0.4, -0.2) is 41.7 Å². The van der Waals surface area contributed by atoms with Gasteiger partial charge >= 0.3 is 5.97 Å². The number of ether oxygens (including phenoxy) is 1. The van der Waals surface area contributed by atoms with Crippen LogP contribution in [0.25, 0.3) is 0 Å². The van der Waals surface area contributed by atoms with E-state index in [0.717, 1.165) is 12.6 Å². The van der Waals surface area contributed by atoms with Crippen LogP contribution in [-0.2, 0) is 4.74 Å². The Morgan fingerprint density at radius 3 is 2.65 bits per heavy atom. The summed E-state index contributed by atoms with van der Waals surface area (Å²) in [7, 11) is 0. The van der Waals surface area contributed by atoms with Crippen LogP contribution >= 0.6 is 0 Å². The monoisotopic (exact) mass is 280 g/mol. The Kier molecular flexibility index (Phi) is 6.66. The van der Waals surface area contributed by atoms with Crippen LogP contribution in [0.5, 0.6) is 0 Å². The van der Waals surface area contributed by atoms with E-state index in [2.05, 4.69) is 24.1 Å². The number of carbonyl (C=O) groups excluding carboxylic acids is 1. The van der Waals surface area contributed by atoms with E-state index in [0.29, 0.717) is 25.7 Å². The molecule has 1 aromatic heterocycles. The van der Waals surface area contributed by atoms with Gasteiger partial charge < -0.3 is 15.2 Å². The fraction of sp³-hybridized carbons (Fsp3) is 0.500. The predicted octanol–water partition coefficient (Wildman–Crippen LogP) is 1.57. The minimum Gasteiger partial charge on any atom is -0.478 e. The van der Waals surface area contributed by atoms with Crippen molar-refractivity contribution in [3.05, 3.63) is 29.6 Å². The fourth-order valence-corrected chi connectivity index (χ4v) is 1.40. The van der Waals surface area contributed by atoms with Gasteiger partial charge in [-0.15, -0.1) is 0 Å². The Morgan fingerprint density at radius 2 is 2.10 bits per heavy atom. The van der Waals surface area contributed by atoms with Gasteiger partial charge in [-0.3, -0.25) is 9.78 Å². The molecule has 0 spiro atoms. The van der Waals surface area contributed by atoms with Gasteiger partial charge in [-0.25, -0.2) is 4.79 Å². The van der Waals surface area contributed by atoms with E-state index in [1.54, 1.807) is 0 Å². The van der Waals surface area contributed by atoms with E-state index in [4.69, 9.17) is 9.84 Å². The largest absolute Gasteiger partial charge is 0.478 e. The minimum atomic E-state index is -1.07. The third kappa shape index (κ3) is 5.79. The molecule has 0 saturated carbocycles. The number of amides is 1. The maximum Gasteiger partial charge on any atom is 0.337 e. The smallest absolute Gasteiger partial charge is 0.337 e. The molecule has 0 aliphatic rings. The fourth-order valence-electron chi connectivity index (χ4n) is 1.40. The summed E-state index contributed by atoms with van der Waals surface area (Å²) >= 11 is 0. The minimum absolute atomic E-state index is 0.0542. The molecular formula is C14H20N2O4. The lowest BCUT2D eigenvalue weighted by Crippen LogP contribution is -2.28. The van der Waals surface area contributed by atoms with Crippen molar-refractivity contribution in [1.29, 1.82) is 0 Å². The quantitative estimate of drug-likeness (QED) is 0.706. The third-order valence-electron chi connectivity index (χ3n) is 2.61. The summed E-state index contributed by atoms with van der Waals surface area (Å²) in [5.41, 5.74) is 0.246. The van der Waals surface area contributed by atoms with E-state index in [1.165, 1.54) is 12.1 Å². The molecule has 20 heavy (non-hydrogen) atoms. The molecule has 0 aliphatic heterocycles. The summed E-state index contributed by atoms with van der Waals surface area (Å²) in [6.07, 6.45) is 2.16. The van der Waals surface area contributed by atoms with Crippen molar-refractivity contribution in [3.8, 4) is 0 Å². The molecule has 0 saturated heterocycles. The van der Waals surface area contributed by atoms with Crippen LogP contribution in [0.4, 0.5) is 0 Å². The Hall–Kier alpha value is -1.95. The lowest BCUT2D eigenvalue weighted by molar-refractivity contribution is 0.0695. The van der Waals surface area contributed by atoms with Crippen molar-refractivity contribution >= 4 is 11.9 Å². The molecule has 6 heteroatoms. The standard InChI is InChI=1S/C14H20N2O4/c1-10(2)5-7-20-8-6-15-13(17)12-4-3-11(9-16-12)14(18)19/h3-4,9-10H,5-8H2,1-2H3,(H,15,17)(H,18,19). The predicted molar refractivity (Wildman–Crippen MR) is 73.8 cm³/mol. The molecule has 1 rings (SSSR count). The number of carboxylic acid groups (broad SMARTS) is 1. The van der Waals surface area contributed by atoms with Crippen LogP contribution < -0.4 is 5.32 Å². The summed E-state index contributed by atoms with van der Waals surface area (Å²) < 4.78 is 5.37. The Balaban J connectivity index is 2.27. The molecule has 6 nitrogen and oxygen atoms in total. The average molecular weight is 280 g/mol. The van der Waals surface area contributed by atoms with Gasteiger partial charge in [0.15, 0.2) is 0 Å². The Morgan fingerprint density at radius 1 is 1.35 bits per heavy atom. The summed E-state index contributed by atoms with van der Waals surface area (Å²) in [5.74, 6) is -0.807. The van der Waals surface area contributed by atoms with Gasteiger partial charge in [0.1, 0.15) is 5.69 Å². The average Bonchev–Trinajstić information content (AvgIpc) is 2.42. The maximum atomic E-state index is 11.7. The zero-order valence-electron chi connectivity index (χ0n) is 11.8. The van der Waals surface area contributed by atoms with Crippen molar-refractivity contribution in [2.24, 2.45) is 5.92 Å². The number of nitrogens with one attached hydrogen (secondary N) is 1. The summed E-state index contributed by atoms with van der Waals surface area (Å²) in [5, 5.41) is 11.4. The summed E-state index contributed by atoms with van der Waals surface area (Å²) in [6, 6.07) is 2.74. The normalized spacial score (nSPS) is 10.6. The first-order valence-corrected chi connectivity index (χ1v) is 6.56. The van der Waals surface area contributed by atoms with Gasteiger partial charge in [-0.2, -0.15) is 0 Å². The number of nitrogens with zero attached hydrogens (tertiary/aromatic N) is 1. The van der Waals surface area contributed by atoms with Crippen molar-refractivity contribution in [1.82, 2.24) is 10.3 Å². The maximum absolute atomic E-state index is 11.7. The van der Waals surface area contributed by atoms with Gasteiger partial charge in [0, 0.05) is 19.3 Å². The van der Waals surface area contributed by atoms with Gasteiger partial charge in [0.2, 0.25) is 0 Å². The highest BCUT2D eigenvalue weighted by atomic mass is 16.5. The van der Waals surface area contributed by atoms with Gasteiger partial charge in [0.25, 0.3) is 5.91 Å². The van der Waals surface area contributed by atoms with E-state index in [1.807, 2.05) is 0 Å². The zero-order chi connectivity index (χ0) is 15.0. The van der Waals surface area contributed by atoms with Crippen molar-refractivity contribution in [2.75, 3.05) is 19.8 Å². The summed E-state index contributed by atoms with van der Waals surface area (Å²) in [6.45, 7) is 5.78. The topological polar surface area (TPSA) is 88.5 Å². The lowest BCUT2D eigenvalue weighted by Gasteiger charge is -2.07. The lowest BCUT2D eigenvalue weighted by atomic mass is 10.1. The highest BCUT2D eigenvalue weighted by Crippen LogP contribution is 2.00. The first kappa shape index (κ1) is 16.1. The number of carboxylic acids is 1. The van der Waals surface area contributed by atoms with Crippen LogP contribution in [0, 0.1) is 5.92 Å². The van der Waals surface area contributed by atoms with Gasteiger partial charge in [-0.1, -0.05) is 13.8 Å². The molecule has 0 radical (unpaired) electrons. The first-order valence-electron chi connectivity index (χ1n) is 6.56. The third-order valence-corrected chi connectivity index (χ3v) is 2.61. The SMILES string of the molecule is CC(C)CCOCCNC(=O)c1ccc(C(=O)O)cn1. The Labute approximate surface area is 118 Å². The van der Waals surface area contributed by atoms with Crippen LogP contribution in [0.3, 0.4) is 0 Å². The molecule has 1 heterocycles. The number of hydrogen-bond acceptors (Lipinski definition) is 4. The Bertz CT molecular complexity index is 443. The number of hydrogen-bond donors (Lipinski definition) is 2. The molecule has 0 unspecified atom stereocenters. The molecular weight excluding hydrogens is 260 g/mol.